The summed E-state index contributed by atoms with van der Waals surface area (Å²) in [5.41, 5.74) is 0. The van der Waals surface area contributed by atoms with Gasteiger partial charge in [0.25, 0.3) is 0 Å². The van der Waals surface area contributed by atoms with Crippen molar-refractivity contribution in [3.05, 3.63) is 18.3 Å². The van der Waals surface area contributed by atoms with Crippen LogP contribution >= 0.6 is 0 Å². The Kier molecular flexibility index (Phi) is 5.40. The van der Waals surface area contributed by atoms with Crippen LogP contribution in [0.15, 0.2) is 18.3 Å². The summed E-state index contributed by atoms with van der Waals surface area (Å²) in [6.45, 7) is 4.44. The molecule has 0 fully saturated rings. The molecule has 0 spiro atoms. The smallest absolute Gasteiger partial charge is 0.168 e. The molecule has 1 N–H and O–H groups in total. The molecular formula is C12H20N2O3S. The van der Waals surface area contributed by atoms with Gasteiger partial charge in [-0.3, -0.25) is 0 Å². The molecule has 102 valence electrons. The van der Waals surface area contributed by atoms with Gasteiger partial charge in [0.05, 0.1) is 12.4 Å². The topological polar surface area (TPSA) is 68.3 Å². The minimum absolute atomic E-state index is 0.0663. The van der Waals surface area contributed by atoms with Gasteiger partial charge in [-0.15, -0.1) is 0 Å². The van der Waals surface area contributed by atoms with Crippen LogP contribution in [0.5, 0.6) is 5.75 Å². The summed E-state index contributed by atoms with van der Waals surface area (Å²) < 4.78 is 27.9. The van der Waals surface area contributed by atoms with E-state index in [4.69, 9.17) is 4.74 Å². The van der Waals surface area contributed by atoms with Gasteiger partial charge >= 0.3 is 0 Å². The number of hydrogen-bond donors (Lipinski definition) is 1. The molecule has 0 bridgehead atoms. The maximum Gasteiger partial charge on any atom is 0.168 e. The first-order valence-corrected chi connectivity index (χ1v) is 8.00. The lowest BCUT2D eigenvalue weighted by atomic mass is 10.3. The molecule has 0 aliphatic heterocycles. The van der Waals surface area contributed by atoms with Gasteiger partial charge in [-0.25, -0.2) is 13.4 Å². The van der Waals surface area contributed by atoms with Crippen LogP contribution in [0.3, 0.4) is 0 Å². The lowest BCUT2D eigenvalue weighted by Gasteiger charge is -2.16. The zero-order chi connectivity index (χ0) is 13.6. The Hall–Kier alpha value is -1.30. The SMILES string of the molecule is CCCOc1cccnc1NC(C)CS(C)(=O)=O. The van der Waals surface area contributed by atoms with Crippen molar-refractivity contribution in [3.63, 3.8) is 0 Å². The summed E-state index contributed by atoms with van der Waals surface area (Å²) in [6, 6.07) is 3.40. The van der Waals surface area contributed by atoms with E-state index in [1.165, 1.54) is 6.26 Å². The fraction of sp³-hybridized carbons (Fsp3) is 0.583. The molecule has 0 saturated carbocycles. The molecule has 0 aromatic carbocycles. The van der Waals surface area contributed by atoms with Crippen molar-refractivity contribution in [2.24, 2.45) is 0 Å². The molecular weight excluding hydrogens is 252 g/mol. The van der Waals surface area contributed by atoms with Gasteiger partial charge in [-0.1, -0.05) is 6.92 Å². The quantitative estimate of drug-likeness (QED) is 0.818. The minimum Gasteiger partial charge on any atom is -0.490 e. The second-order valence-corrected chi connectivity index (χ2v) is 6.52. The van der Waals surface area contributed by atoms with E-state index in [0.29, 0.717) is 18.2 Å². The van der Waals surface area contributed by atoms with E-state index in [9.17, 15) is 8.42 Å². The average Bonchev–Trinajstić information content (AvgIpc) is 2.25. The molecule has 0 radical (unpaired) electrons. The number of ether oxygens (including phenoxy) is 1. The number of sulfone groups is 1. The van der Waals surface area contributed by atoms with Gasteiger partial charge in [0.15, 0.2) is 11.6 Å². The molecule has 0 aliphatic carbocycles. The van der Waals surface area contributed by atoms with Crippen molar-refractivity contribution in [1.82, 2.24) is 4.98 Å². The van der Waals surface area contributed by atoms with Crippen molar-refractivity contribution in [1.29, 1.82) is 0 Å². The van der Waals surface area contributed by atoms with E-state index in [-0.39, 0.29) is 11.8 Å². The Bertz CT molecular complexity index is 474. The van der Waals surface area contributed by atoms with Gasteiger partial charge in [-0.2, -0.15) is 0 Å². The zero-order valence-electron chi connectivity index (χ0n) is 11.0. The average molecular weight is 272 g/mol. The molecule has 0 amide bonds. The highest BCUT2D eigenvalue weighted by Gasteiger charge is 2.13. The van der Waals surface area contributed by atoms with Crippen LogP contribution in [0.2, 0.25) is 0 Å². The first-order chi connectivity index (χ1) is 8.42. The highest BCUT2D eigenvalue weighted by atomic mass is 32.2. The van der Waals surface area contributed by atoms with Crippen molar-refractivity contribution in [2.75, 3.05) is 23.9 Å². The Morgan fingerprint density at radius 1 is 1.50 bits per heavy atom. The molecule has 0 saturated heterocycles. The summed E-state index contributed by atoms with van der Waals surface area (Å²) in [5, 5.41) is 3.06. The van der Waals surface area contributed by atoms with E-state index in [1.807, 2.05) is 13.0 Å². The molecule has 18 heavy (non-hydrogen) atoms. The van der Waals surface area contributed by atoms with E-state index in [0.717, 1.165) is 6.42 Å². The predicted octanol–water partition coefficient (Wildman–Crippen LogP) is 1.72. The van der Waals surface area contributed by atoms with Crippen molar-refractivity contribution >= 4 is 15.7 Å². The maximum atomic E-state index is 11.2. The third kappa shape index (κ3) is 5.35. The minimum atomic E-state index is -3.00. The highest BCUT2D eigenvalue weighted by molar-refractivity contribution is 7.90. The maximum absolute atomic E-state index is 11.2. The number of pyridine rings is 1. The first kappa shape index (κ1) is 14.8. The highest BCUT2D eigenvalue weighted by Crippen LogP contribution is 2.21. The Morgan fingerprint density at radius 2 is 2.22 bits per heavy atom. The third-order valence-electron chi connectivity index (χ3n) is 2.17. The number of anilines is 1. The van der Waals surface area contributed by atoms with Crippen LogP contribution < -0.4 is 10.1 Å². The Balaban J connectivity index is 2.71. The van der Waals surface area contributed by atoms with Crippen LogP contribution in [0.25, 0.3) is 0 Å². The largest absolute Gasteiger partial charge is 0.490 e. The van der Waals surface area contributed by atoms with Gasteiger partial charge in [0, 0.05) is 18.5 Å². The third-order valence-corrected chi connectivity index (χ3v) is 3.27. The summed E-state index contributed by atoms with van der Waals surface area (Å²) in [5.74, 6) is 1.30. The predicted molar refractivity (Wildman–Crippen MR) is 72.8 cm³/mol. The first-order valence-electron chi connectivity index (χ1n) is 5.94. The monoisotopic (exact) mass is 272 g/mol. The molecule has 1 unspecified atom stereocenters. The van der Waals surface area contributed by atoms with Crippen LogP contribution in [0, 0.1) is 0 Å². The van der Waals surface area contributed by atoms with Crippen molar-refractivity contribution in [2.45, 2.75) is 26.3 Å². The number of aromatic nitrogens is 1. The van der Waals surface area contributed by atoms with Crippen molar-refractivity contribution < 1.29 is 13.2 Å². The van der Waals surface area contributed by atoms with E-state index < -0.39 is 9.84 Å². The number of hydrogen-bond acceptors (Lipinski definition) is 5. The van der Waals surface area contributed by atoms with Gasteiger partial charge < -0.3 is 10.1 Å². The van der Waals surface area contributed by atoms with Crippen LogP contribution in [0.4, 0.5) is 5.82 Å². The van der Waals surface area contributed by atoms with E-state index in [1.54, 1.807) is 19.2 Å². The van der Waals surface area contributed by atoms with Crippen LogP contribution in [0.1, 0.15) is 20.3 Å². The number of rotatable bonds is 7. The van der Waals surface area contributed by atoms with Gasteiger partial charge in [-0.05, 0) is 25.5 Å². The fourth-order valence-electron chi connectivity index (χ4n) is 1.56. The molecule has 1 aromatic rings. The molecule has 1 rings (SSSR count). The lowest BCUT2D eigenvalue weighted by Crippen LogP contribution is -2.25. The second kappa shape index (κ2) is 6.58. The Labute approximate surface area is 108 Å². The van der Waals surface area contributed by atoms with E-state index >= 15 is 0 Å². The second-order valence-electron chi connectivity index (χ2n) is 4.34. The summed E-state index contributed by atoms with van der Waals surface area (Å²) in [6.07, 6.45) is 3.78. The molecule has 1 atom stereocenters. The van der Waals surface area contributed by atoms with Gasteiger partial charge in [0.2, 0.25) is 0 Å². The summed E-state index contributed by atoms with van der Waals surface area (Å²) in [7, 11) is -3.00. The molecule has 0 aliphatic rings. The lowest BCUT2D eigenvalue weighted by molar-refractivity contribution is 0.317. The molecule has 1 aromatic heterocycles. The van der Waals surface area contributed by atoms with Crippen LogP contribution in [-0.4, -0.2) is 38.1 Å². The number of nitrogens with zero attached hydrogens (tertiary/aromatic N) is 1. The van der Waals surface area contributed by atoms with Crippen molar-refractivity contribution in [3.8, 4) is 5.75 Å². The zero-order valence-corrected chi connectivity index (χ0v) is 11.8. The molecule has 5 nitrogen and oxygen atoms in total. The standard InChI is InChI=1S/C12H20N2O3S/c1-4-8-17-11-6-5-7-13-12(11)14-10(2)9-18(3,15)16/h5-7,10H,4,8-9H2,1-3H3,(H,13,14). The molecule has 6 heteroatoms. The van der Waals surface area contributed by atoms with Crippen LogP contribution in [-0.2, 0) is 9.84 Å². The fourth-order valence-corrected chi connectivity index (χ4v) is 2.55. The van der Waals surface area contributed by atoms with Gasteiger partial charge in [0.1, 0.15) is 9.84 Å². The summed E-state index contributed by atoms with van der Waals surface area (Å²) >= 11 is 0. The van der Waals surface area contributed by atoms with E-state index in [2.05, 4.69) is 10.3 Å². The summed E-state index contributed by atoms with van der Waals surface area (Å²) in [4.78, 5) is 4.17. The number of nitrogens with one attached hydrogen (secondary N) is 1. The normalized spacial score (nSPS) is 13.1. The Morgan fingerprint density at radius 3 is 2.83 bits per heavy atom. The molecule has 1 heterocycles.